The molecule has 1 aliphatic rings. The summed E-state index contributed by atoms with van der Waals surface area (Å²) in [4.78, 5) is 11.9. The maximum Gasteiger partial charge on any atom is 0.313 e. The number of rotatable bonds is 8. The second kappa shape index (κ2) is 9.80. The number of hydrogen-bond acceptors (Lipinski definition) is 4. The highest BCUT2D eigenvalue weighted by molar-refractivity contribution is 5.72. The second-order valence-electron chi connectivity index (χ2n) is 6.75. The first kappa shape index (κ1) is 18.9. The van der Waals surface area contributed by atoms with Crippen molar-refractivity contribution < 1.29 is 19.0 Å². The van der Waals surface area contributed by atoms with Crippen LogP contribution in [-0.2, 0) is 14.3 Å². The molecule has 0 spiro atoms. The number of ether oxygens (including phenoxy) is 3. The minimum Gasteiger partial charge on any atom is -0.426 e. The van der Waals surface area contributed by atoms with Crippen molar-refractivity contribution in [3.63, 3.8) is 0 Å². The quantitative estimate of drug-likeness (QED) is 0.388. The Morgan fingerprint density at radius 2 is 1.75 bits per heavy atom. The standard InChI is InChI=1S/C20H30O4/c1-15(2)23-16(3)22-14-13-20(21)24-19-11-9-18(10-12-19)17-7-5-4-6-8-17/h9-12,15-17H,4-8,13-14H2,1-3H3. The highest BCUT2D eigenvalue weighted by atomic mass is 16.7. The molecule has 1 aliphatic carbocycles. The first-order chi connectivity index (χ1) is 11.5. The van der Waals surface area contributed by atoms with E-state index in [1.807, 2.05) is 32.9 Å². The van der Waals surface area contributed by atoms with Gasteiger partial charge in [0, 0.05) is 0 Å². The third-order valence-corrected chi connectivity index (χ3v) is 4.31. The SMILES string of the molecule is CC(C)OC(C)OCCC(=O)Oc1ccc(C2CCCCC2)cc1. The van der Waals surface area contributed by atoms with E-state index >= 15 is 0 Å². The summed E-state index contributed by atoms with van der Waals surface area (Å²) in [6.07, 6.45) is 6.55. The zero-order valence-corrected chi connectivity index (χ0v) is 15.1. The minimum absolute atomic E-state index is 0.106. The van der Waals surface area contributed by atoms with Crippen molar-refractivity contribution in [3.8, 4) is 5.75 Å². The lowest BCUT2D eigenvalue weighted by atomic mass is 9.84. The van der Waals surface area contributed by atoms with Gasteiger partial charge in [0.15, 0.2) is 6.29 Å². The number of esters is 1. The lowest BCUT2D eigenvalue weighted by Gasteiger charge is -2.22. The van der Waals surface area contributed by atoms with E-state index in [-0.39, 0.29) is 24.8 Å². The molecule has 24 heavy (non-hydrogen) atoms. The van der Waals surface area contributed by atoms with E-state index in [1.54, 1.807) is 0 Å². The van der Waals surface area contributed by atoms with Gasteiger partial charge in [-0.2, -0.15) is 0 Å². The van der Waals surface area contributed by atoms with Gasteiger partial charge in [-0.15, -0.1) is 0 Å². The van der Waals surface area contributed by atoms with Crippen LogP contribution in [0.4, 0.5) is 0 Å². The lowest BCUT2D eigenvalue weighted by Crippen LogP contribution is -2.20. The zero-order chi connectivity index (χ0) is 17.4. The maximum absolute atomic E-state index is 11.9. The van der Waals surface area contributed by atoms with E-state index in [0.29, 0.717) is 18.3 Å². The Bertz CT molecular complexity index is 489. The van der Waals surface area contributed by atoms with Gasteiger partial charge in [0.25, 0.3) is 0 Å². The van der Waals surface area contributed by atoms with E-state index in [9.17, 15) is 4.79 Å². The Hall–Kier alpha value is -1.39. The summed E-state index contributed by atoms with van der Waals surface area (Å²) in [6, 6.07) is 7.97. The van der Waals surface area contributed by atoms with Crippen molar-refractivity contribution >= 4 is 5.97 Å². The predicted octanol–water partition coefficient (Wildman–Crippen LogP) is 4.82. The fourth-order valence-electron chi connectivity index (χ4n) is 3.16. The van der Waals surface area contributed by atoms with Crippen molar-refractivity contribution in [2.75, 3.05) is 6.61 Å². The molecular formula is C20H30O4. The highest BCUT2D eigenvalue weighted by Crippen LogP contribution is 2.33. The van der Waals surface area contributed by atoms with Crippen LogP contribution in [0, 0.1) is 0 Å². The molecule has 0 aromatic heterocycles. The van der Waals surface area contributed by atoms with Gasteiger partial charge in [0.05, 0.1) is 19.1 Å². The molecule has 0 saturated heterocycles. The van der Waals surface area contributed by atoms with Crippen molar-refractivity contribution in [1.82, 2.24) is 0 Å². The van der Waals surface area contributed by atoms with Crippen LogP contribution in [0.15, 0.2) is 24.3 Å². The molecule has 134 valence electrons. The summed E-state index contributed by atoms with van der Waals surface area (Å²) in [7, 11) is 0. The normalized spacial score (nSPS) is 17.0. The van der Waals surface area contributed by atoms with Gasteiger partial charge >= 0.3 is 5.97 Å². The lowest BCUT2D eigenvalue weighted by molar-refractivity contribution is -0.157. The van der Waals surface area contributed by atoms with Crippen LogP contribution in [0.3, 0.4) is 0 Å². The Morgan fingerprint density at radius 1 is 1.08 bits per heavy atom. The molecular weight excluding hydrogens is 304 g/mol. The summed E-state index contributed by atoms with van der Waals surface area (Å²) in [6.45, 7) is 6.03. The van der Waals surface area contributed by atoms with Crippen LogP contribution in [0.25, 0.3) is 0 Å². The summed E-state index contributed by atoms with van der Waals surface area (Å²) in [5.41, 5.74) is 1.36. The Kier molecular flexibility index (Phi) is 7.73. The summed E-state index contributed by atoms with van der Waals surface area (Å²) in [5.74, 6) is 0.988. The fourth-order valence-corrected chi connectivity index (χ4v) is 3.16. The first-order valence-electron chi connectivity index (χ1n) is 9.12. The Morgan fingerprint density at radius 3 is 2.38 bits per heavy atom. The average molecular weight is 334 g/mol. The summed E-state index contributed by atoms with van der Waals surface area (Å²) in [5, 5.41) is 0. The van der Waals surface area contributed by atoms with Gasteiger partial charge in [-0.1, -0.05) is 31.4 Å². The van der Waals surface area contributed by atoms with E-state index in [2.05, 4.69) is 12.1 Å². The van der Waals surface area contributed by atoms with Crippen LogP contribution < -0.4 is 4.74 Å². The number of hydrogen-bond donors (Lipinski definition) is 0. The summed E-state index contributed by atoms with van der Waals surface area (Å²) >= 11 is 0. The van der Waals surface area contributed by atoms with Gasteiger partial charge in [0.2, 0.25) is 0 Å². The van der Waals surface area contributed by atoms with E-state index in [0.717, 1.165) is 0 Å². The molecule has 1 aromatic carbocycles. The molecule has 1 saturated carbocycles. The molecule has 1 fully saturated rings. The molecule has 1 atom stereocenters. The van der Waals surface area contributed by atoms with Gasteiger partial charge in [-0.3, -0.25) is 4.79 Å². The third-order valence-electron chi connectivity index (χ3n) is 4.31. The molecule has 0 bridgehead atoms. The van der Waals surface area contributed by atoms with Gasteiger partial charge in [-0.25, -0.2) is 0 Å². The van der Waals surface area contributed by atoms with Crippen LogP contribution in [-0.4, -0.2) is 25.0 Å². The van der Waals surface area contributed by atoms with Crippen LogP contribution in [0.2, 0.25) is 0 Å². The van der Waals surface area contributed by atoms with Gasteiger partial charge < -0.3 is 14.2 Å². The topological polar surface area (TPSA) is 44.8 Å². The smallest absolute Gasteiger partial charge is 0.313 e. The molecule has 2 rings (SSSR count). The number of benzene rings is 1. The fraction of sp³-hybridized carbons (Fsp3) is 0.650. The summed E-state index contributed by atoms with van der Waals surface area (Å²) < 4.78 is 16.2. The first-order valence-corrected chi connectivity index (χ1v) is 9.12. The van der Waals surface area contributed by atoms with Crippen molar-refractivity contribution in [2.45, 2.75) is 77.6 Å². The van der Waals surface area contributed by atoms with E-state index in [4.69, 9.17) is 14.2 Å². The number of carbonyl (C=O) groups is 1. The van der Waals surface area contributed by atoms with Gasteiger partial charge in [0.1, 0.15) is 5.75 Å². The minimum atomic E-state index is -0.312. The molecule has 4 nitrogen and oxygen atoms in total. The van der Waals surface area contributed by atoms with Crippen molar-refractivity contribution in [3.05, 3.63) is 29.8 Å². The average Bonchev–Trinajstić information content (AvgIpc) is 2.55. The van der Waals surface area contributed by atoms with E-state index < -0.39 is 0 Å². The molecule has 4 heteroatoms. The van der Waals surface area contributed by atoms with Crippen LogP contribution in [0.5, 0.6) is 5.75 Å². The number of carbonyl (C=O) groups excluding carboxylic acids is 1. The van der Waals surface area contributed by atoms with E-state index in [1.165, 1.54) is 37.7 Å². The Labute approximate surface area is 145 Å². The molecule has 0 heterocycles. The third kappa shape index (κ3) is 6.62. The largest absolute Gasteiger partial charge is 0.426 e. The van der Waals surface area contributed by atoms with Crippen molar-refractivity contribution in [1.29, 1.82) is 0 Å². The molecule has 0 aliphatic heterocycles. The molecule has 1 aromatic rings. The monoisotopic (exact) mass is 334 g/mol. The zero-order valence-electron chi connectivity index (χ0n) is 15.1. The molecule has 0 N–H and O–H groups in total. The Balaban J connectivity index is 1.71. The second-order valence-corrected chi connectivity index (χ2v) is 6.75. The highest BCUT2D eigenvalue weighted by Gasteiger charge is 2.15. The van der Waals surface area contributed by atoms with Crippen LogP contribution >= 0.6 is 0 Å². The molecule has 1 unspecified atom stereocenters. The van der Waals surface area contributed by atoms with Crippen molar-refractivity contribution in [2.24, 2.45) is 0 Å². The molecule has 0 amide bonds. The van der Waals surface area contributed by atoms with Gasteiger partial charge in [-0.05, 0) is 57.2 Å². The maximum atomic E-state index is 11.9. The van der Waals surface area contributed by atoms with Crippen LogP contribution in [0.1, 0.15) is 70.8 Å². The predicted molar refractivity (Wildman–Crippen MR) is 94.2 cm³/mol. The molecule has 0 radical (unpaired) electrons.